The Morgan fingerprint density at radius 1 is 0.316 bits per heavy atom. The number of hydrogen-bond donors (Lipinski definition) is 2. The normalized spacial score (nSPS) is 14.1. The number of fused-ring (bicyclic) bond motifs is 9. The van der Waals surface area contributed by atoms with Gasteiger partial charge in [-0.2, -0.15) is 15.0 Å². The Morgan fingerprint density at radius 2 is 0.618 bits per heavy atom. The van der Waals surface area contributed by atoms with Gasteiger partial charge in [-0.1, -0.05) is 180 Å². The van der Waals surface area contributed by atoms with Gasteiger partial charge < -0.3 is 10.0 Å². The van der Waals surface area contributed by atoms with E-state index in [4.69, 9.17) is 61.4 Å². The minimum Gasteiger partial charge on any atom is -0.423 e. The first-order chi connectivity index (χ1) is 36.4. The molecule has 0 radical (unpaired) electrons. The van der Waals surface area contributed by atoms with Crippen molar-refractivity contribution in [2.24, 2.45) is 0 Å². The molecular weight excluding hydrogens is 1030 g/mol. The number of halogens is 4. The summed E-state index contributed by atoms with van der Waals surface area (Å²) >= 11 is 23.3. The van der Waals surface area contributed by atoms with Crippen molar-refractivity contribution in [1.82, 2.24) is 29.9 Å². The molecule has 2 heterocycles. The second kappa shape index (κ2) is 19.8. The Morgan fingerprint density at radius 3 is 1.00 bits per heavy atom. The van der Waals surface area contributed by atoms with Gasteiger partial charge in [0.2, 0.25) is 10.6 Å². The molecule has 8 nitrogen and oxygen atoms in total. The number of hydrogen-bond acceptors (Lipinski definition) is 8. The minimum atomic E-state index is -1.41. The first-order valence-corrected chi connectivity index (χ1v) is 26.3. The first-order valence-electron chi connectivity index (χ1n) is 24.8. The van der Waals surface area contributed by atoms with E-state index in [2.05, 4.69) is 154 Å². The van der Waals surface area contributed by atoms with Crippen LogP contribution >= 0.6 is 46.4 Å². The molecule has 3 aliphatic rings. The Kier molecular flexibility index (Phi) is 13.3. The van der Waals surface area contributed by atoms with Crippen molar-refractivity contribution >= 4 is 59.0 Å². The molecule has 0 unspecified atom stereocenters. The lowest BCUT2D eigenvalue weighted by Crippen LogP contribution is -2.31. The van der Waals surface area contributed by atoms with Crippen LogP contribution in [0.4, 0.5) is 0 Å². The zero-order chi connectivity index (χ0) is 53.3. The third-order valence-corrected chi connectivity index (χ3v) is 15.9. The molecule has 13 rings (SSSR count). The number of aromatic nitrogens is 6. The highest BCUT2D eigenvalue weighted by Crippen LogP contribution is 2.52. The van der Waals surface area contributed by atoms with Crippen molar-refractivity contribution in [3.05, 3.63) is 230 Å². The predicted molar refractivity (Wildman–Crippen MR) is 310 cm³/mol. The van der Waals surface area contributed by atoms with Gasteiger partial charge in [0, 0.05) is 48.5 Å². The lowest BCUT2D eigenvalue weighted by molar-refractivity contribution is 0.425. The summed E-state index contributed by atoms with van der Waals surface area (Å²) in [4.78, 5) is 26.7. The highest BCUT2D eigenvalue weighted by Gasteiger charge is 2.38. The lowest BCUT2D eigenvalue weighted by atomic mass is 9.75. The standard InChI is InChI=1S/C39H30ClN3.C15H15BO2.C9H4Cl3N3/c1-38(2)31-11-7-5-9-27(31)29-19-15-24(21-33(29)38)36-41-35(23-13-17-26(40)18-14-23)42-37(43-36)25-16-20-30-28-10-6-8-12-32(28)39(3,4)34(30)22-25;1-15(2)13-6-4-3-5-11(13)12-8-7-10(16(17)18)9-14(12)15;10-6-3-1-5(2-4-6)7-13-8(11)15-9(12)14-7/h5-22H,1-4H3;3-9,17-18H,1-2H3;1-4H. The molecule has 0 fully saturated rings. The second-order valence-electron chi connectivity index (χ2n) is 20.7. The number of nitrogens with zero attached hydrogens (tertiary/aromatic N) is 6. The topological polar surface area (TPSA) is 118 Å². The molecular formula is C63H49BCl4N6O2. The first kappa shape index (κ1) is 51.1. The van der Waals surface area contributed by atoms with Crippen molar-refractivity contribution < 1.29 is 10.0 Å². The Bertz CT molecular complexity index is 3760. The fourth-order valence-corrected chi connectivity index (χ4v) is 11.6. The number of rotatable bonds is 5. The predicted octanol–water partition coefficient (Wildman–Crippen LogP) is 15.3. The van der Waals surface area contributed by atoms with E-state index >= 15 is 0 Å². The molecule has 0 amide bonds. The summed E-state index contributed by atoms with van der Waals surface area (Å²) in [7, 11) is -1.41. The average molecular weight is 1070 g/mol. The minimum absolute atomic E-state index is 0.0694. The van der Waals surface area contributed by atoms with Gasteiger partial charge >= 0.3 is 7.12 Å². The van der Waals surface area contributed by atoms with Crippen LogP contribution in [0.25, 0.3) is 78.9 Å². The van der Waals surface area contributed by atoms with Crippen molar-refractivity contribution in [2.45, 2.75) is 57.8 Å². The van der Waals surface area contributed by atoms with Gasteiger partial charge in [0.25, 0.3) is 0 Å². The second-order valence-corrected chi connectivity index (χ2v) is 22.3. The molecule has 8 aromatic carbocycles. The van der Waals surface area contributed by atoms with Crippen LogP contribution in [0.2, 0.25) is 20.6 Å². The van der Waals surface area contributed by atoms with Crippen LogP contribution < -0.4 is 5.46 Å². The van der Waals surface area contributed by atoms with Crippen molar-refractivity contribution in [3.63, 3.8) is 0 Å². The van der Waals surface area contributed by atoms with E-state index in [9.17, 15) is 10.0 Å². The van der Waals surface area contributed by atoms with E-state index in [0.29, 0.717) is 38.8 Å². The van der Waals surface area contributed by atoms with Gasteiger partial charge in [-0.05, 0) is 156 Å². The van der Waals surface area contributed by atoms with Crippen LogP contribution in [0.3, 0.4) is 0 Å². The Labute approximate surface area is 462 Å². The average Bonchev–Trinajstić information content (AvgIpc) is 3.94. The molecule has 0 saturated heterocycles. The molecule has 13 heteroatoms. The maximum absolute atomic E-state index is 9.30. The summed E-state index contributed by atoms with van der Waals surface area (Å²) in [5, 5.41) is 20.1. The van der Waals surface area contributed by atoms with E-state index in [1.54, 1.807) is 30.3 Å². The van der Waals surface area contributed by atoms with E-state index < -0.39 is 7.12 Å². The third kappa shape index (κ3) is 9.29. The van der Waals surface area contributed by atoms with Crippen LogP contribution in [-0.2, 0) is 16.2 Å². The summed E-state index contributed by atoms with van der Waals surface area (Å²) < 4.78 is 0. The van der Waals surface area contributed by atoms with Gasteiger partial charge in [-0.3, -0.25) is 0 Å². The molecule has 2 N–H and O–H groups in total. The van der Waals surface area contributed by atoms with Gasteiger partial charge in [-0.15, -0.1) is 0 Å². The fourth-order valence-electron chi connectivity index (χ4n) is 11.0. The summed E-state index contributed by atoms with van der Waals surface area (Å²) in [5.74, 6) is 2.37. The lowest BCUT2D eigenvalue weighted by Gasteiger charge is -2.22. The van der Waals surface area contributed by atoms with Crippen LogP contribution in [0.15, 0.2) is 176 Å². The quantitative estimate of drug-likeness (QED) is 0.164. The maximum atomic E-state index is 9.30. The molecule has 2 aromatic heterocycles. The van der Waals surface area contributed by atoms with Crippen LogP contribution in [0, 0.1) is 0 Å². The highest BCUT2D eigenvalue weighted by atomic mass is 35.5. The third-order valence-electron chi connectivity index (χ3n) is 15.0. The van der Waals surface area contributed by atoms with Crippen LogP contribution in [0.5, 0.6) is 0 Å². The molecule has 0 atom stereocenters. The molecule has 10 aromatic rings. The molecule has 374 valence electrons. The Balaban J connectivity index is 0.000000152. The smallest absolute Gasteiger partial charge is 0.423 e. The maximum Gasteiger partial charge on any atom is 0.488 e. The molecule has 0 spiro atoms. The van der Waals surface area contributed by atoms with Crippen LogP contribution in [-0.4, -0.2) is 47.1 Å². The van der Waals surface area contributed by atoms with Crippen molar-refractivity contribution in [1.29, 1.82) is 0 Å². The van der Waals surface area contributed by atoms with Crippen molar-refractivity contribution in [3.8, 4) is 78.9 Å². The van der Waals surface area contributed by atoms with Gasteiger partial charge in [0.05, 0.1) is 0 Å². The fraction of sp³-hybridized carbons (Fsp3) is 0.143. The highest BCUT2D eigenvalue weighted by molar-refractivity contribution is 6.58. The summed E-state index contributed by atoms with van der Waals surface area (Å²) in [5.41, 5.74) is 19.2. The summed E-state index contributed by atoms with van der Waals surface area (Å²) in [6, 6.07) is 59.4. The zero-order valence-corrected chi connectivity index (χ0v) is 45.4. The van der Waals surface area contributed by atoms with Crippen LogP contribution in [0.1, 0.15) is 74.9 Å². The largest absolute Gasteiger partial charge is 0.488 e. The van der Waals surface area contributed by atoms with E-state index in [0.717, 1.165) is 27.8 Å². The number of benzene rings is 8. The SMILES string of the molecule is CC1(C)c2ccccc2-c2ccc(-c3nc(-c4ccc(Cl)cc4)nc(-c4ccc5c(c4)C(C)(C)c4ccccc4-5)n3)cc21.CC1(C)c2ccccc2-c2ccc(B(O)O)cc21.Clc1ccc(-c2nc(Cl)nc(Cl)n2)cc1. The molecule has 0 bridgehead atoms. The molecule has 0 aliphatic heterocycles. The monoisotopic (exact) mass is 1070 g/mol. The van der Waals surface area contributed by atoms with E-state index in [1.807, 2.05) is 48.5 Å². The summed E-state index contributed by atoms with van der Waals surface area (Å²) in [6.07, 6.45) is 0. The Hall–Kier alpha value is -7.08. The van der Waals surface area contributed by atoms with Gasteiger partial charge in [-0.25, -0.2) is 15.0 Å². The van der Waals surface area contributed by atoms with Gasteiger partial charge in [0.15, 0.2) is 23.3 Å². The molecule has 3 aliphatic carbocycles. The molecule has 76 heavy (non-hydrogen) atoms. The van der Waals surface area contributed by atoms with E-state index in [1.165, 1.54) is 61.2 Å². The van der Waals surface area contributed by atoms with Crippen molar-refractivity contribution in [2.75, 3.05) is 0 Å². The summed E-state index contributed by atoms with van der Waals surface area (Å²) in [6.45, 7) is 13.5. The zero-order valence-electron chi connectivity index (χ0n) is 42.4. The molecule has 0 saturated carbocycles. The van der Waals surface area contributed by atoms with E-state index in [-0.39, 0.29) is 26.8 Å². The van der Waals surface area contributed by atoms with Gasteiger partial charge in [0.1, 0.15) is 0 Å².